The van der Waals surface area contributed by atoms with Crippen molar-refractivity contribution >= 4 is 17.7 Å². The lowest BCUT2D eigenvalue weighted by molar-refractivity contribution is -0.149. The van der Waals surface area contributed by atoms with E-state index in [1.54, 1.807) is 20.8 Å². The predicted octanol–water partition coefficient (Wildman–Crippen LogP) is -1.09. The van der Waals surface area contributed by atoms with Gasteiger partial charge in [0.1, 0.15) is 0 Å². The Morgan fingerprint density at radius 3 is 1.53 bits per heavy atom. The maximum absolute atomic E-state index is 11.8. The van der Waals surface area contributed by atoms with E-state index in [0.717, 1.165) is 0 Å². The van der Waals surface area contributed by atoms with Gasteiger partial charge < -0.3 is 21.1 Å². The molecule has 110 valence electrons. The van der Waals surface area contributed by atoms with E-state index in [1.807, 2.05) is 0 Å². The maximum Gasteiger partial charge on any atom is 0.253 e. The molecular weight excluding hydrogens is 250 g/mol. The first kappa shape index (κ1) is 17.4. The second-order valence-electron chi connectivity index (χ2n) is 4.15. The van der Waals surface area contributed by atoms with Gasteiger partial charge >= 0.3 is 0 Å². The fraction of sp³-hybridized carbons (Fsp3) is 0.750. The Labute approximate surface area is 113 Å². The van der Waals surface area contributed by atoms with E-state index in [-0.39, 0.29) is 0 Å². The van der Waals surface area contributed by atoms with Crippen LogP contribution in [0.3, 0.4) is 0 Å². The highest BCUT2D eigenvalue weighted by Crippen LogP contribution is 2.16. The number of amides is 3. The number of nitrogens with one attached hydrogen (secondary N) is 3. The molecule has 19 heavy (non-hydrogen) atoms. The highest BCUT2D eigenvalue weighted by atomic mass is 16.3. The standard InChI is InChI=1S/C12H23N3O4/c1-4-13-9(16)7-12(19,11(18)15-6-3)8-10(17)14-5-2/h19H,4-8H2,1-3H3,(H,13,16)(H,14,17)(H,15,18). The fourth-order valence-electron chi connectivity index (χ4n) is 1.60. The van der Waals surface area contributed by atoms with Gasteiger partial charge in [-0.05, 0) is 20.8 Å². The lowest BCUT2D eigenvalue weighted by Crippen LogP contribution is -2.52. The first-order valence-electron chi connectivity index (χ1n) is 6.43. The molecule has 3 amide bonds. The van der Waals surface area contributed by atoms with Crippen LogP contribution in [0.2, 0.25) is 0 Å². The van der Waals surface area contributed by atoms with Crippen molar-refractivity contribution in [1.29, 1.82) is 0 Å². The molecule has 0 aromatic carbocycles. The molecule has 0 heterocycles. The number of hydrogen-bond donors (Lipinski definition) is 4. The van der Waals surface area contributed by atoms with Gasteiger partial charge in [-0.15, -0.1) is 0 Å². The second kappa shape index (κ2) is 8.47. The largest absolute Gasteiger partial charge is 0.379 e. The zero-order valence-corrected chi connectivity index (χ0v) is 11.7. The van der Waals surface area contributed by atoms with Crippen molar-refractivity contribution in [3.63, 3.8) is 0 Å². The molecule has 4 N–H and O–H groups in total. The molecular formula is C12H23N3O4. The van der Waals surface area contributed by atoms with Crippen LogP contribution in [0, 0.1) is 0 Å². The van der Waals surface area contributed by atoms with Crippen molar-refractivity contribution in [3.8, 4) is 0 Å². The van der Waals surface area contributed by atoms with Crippen LogP contribution in [0.1, 0.15) is 33.6 Å². The lowest BCUT2D eigenvalue weighted by atomic mass is 9.93. The zero-order valence-electron chi connectivity index (χ0n) is 11.7. The summed E-state index contributed by atoms with van der Waals surface area (Å²) in [5.74, 6) is -1.66. The van der Waals surface area contributed by atoms with Gasteiger partial charge in [-0.3, -0.25) is 14.4 Å². The molecule has 0 bridgehead atoms. The van der Waals surface area contributed by atoms with Crippen LogP contribution >= 0.6 is 0 Å². The van der Waals surface area contributed by atoms with Crippen LogP contribution in [0.5, 0.6) is 0 Å². The molecule has 7 nitrogen and oxygen atoms in total. The highest BCUT2D eigenvalue weighted by Gasteiger charge is 2.39. The molecule has 0 aromatic heterocycles. The quantitative estimate of drug-likeness (QED) is 0.450. The number of carbonyl (C=O) groups is 3. The van der Waals surface area contributed by atoms with Crippen molar-refractivity contribution in [1.82, 2.24) is 16.0 Å². The summed E-state index contributed by atoms with van der Waals surface area (Å²) >= 11 is 0. The van der Waals surface area contributed by atoms with Gasteiger partial charge in [0, 0.05) is 19.6 Å². The Hall–Kier alpha value is -1.63. The minimum atomic E-state index is -2.02. The minimum Gasteiger partial charge on any atom is -0.379 e. The van der Waals surface area contributed by atoms with E-state index in [0.29, 0.717) is 19.6 Å². The summed E-state index contributed by atoms with van der Waals surface area (Å²) in [6.45, 7) is 6.25. The third-order valence-corrected chi connectivity index (χ3v) is 2.41. The van der Waals surface area contributed by atoms with Crippen molar-refractivity contribution in [3.05, 3.63) is 0 Å². The SMILES string of the molecule is CCNC(=O)CC(O)(CC(=O)NCC)C(=O)NCC. The van der Waals surface area contributed by atoms with Gasteiger partial charge in [0.15, 0.2) is 5.60 Å². The third-order valence-electron chi connectivity index (χ3n) is 2.41. The summed E-state index contributed by atoms with van der Waals surface area (Å²) < 4.78 is 0. The number of hydrogen-bond acceptors (Lipinski definition) is 4. The Bertz CT molecular complexity index is 311. The number of likely N-dealkylation sites (N-methyl/N-ethyl adjacent to an activating group) is 1. The van der Waals surface area contributed by atoms with E-state index >= 15 is 0 Å². The zero-order chi connectivity index (χ0) is 14.9. The van der Waals surface area contributed by atoms with Crippen molar-refractivity contribution in [2.24, 2.45) is 0 Å². The third kappa shape index (κ3) is 6.19. The van der Waals surface area contributed by atoms with Gasteiger partial charge in [-0.2, -0.15) is 0 Å². The summed E-state index contributed by atoms with van der Waals surface area (Å²) in [4.78, 5) is 34.9. The van der Waals surface area contributed by atoms with Crippen molar-refractivity contribution in [2.75, 3.05) is 19.6 Å². The van der Waals surface area contributed by atoms with E-state index in [1.165, 1.54) is 0 Å². The Balaban J connectivity index is 4.85. The molecule has 0 saturated heterocycles. The molecule has 7 heteroatoms. The normalized spacial score (nSPS) is 10.7. The molecule has 0 atom stereocenters. The molecule has 0 spiro atoms. The van der Waals surface area contributed by atoms with Crippen LogP contribution in [0.15, 0.2) is 0 Å². The number of aliphatic hydroxyl groups is 1. The summed E-state index contributed by atoms with van der Waals surface area (Å²) in [6, 6.07) is 0. The van der Waals surface area contributed by atoms with Crippen LogP contribution in [-0.4, -0.2) is 48.1 Å². The first-order chi connectivity index (χ1) is 8.89. The number of rotatable bonds is 8. The van der Waals surface area contributed by atoms with Crippen LogP contribution in [-0.2, 0) is 14.4 Å². The Kier molecular flexibility index (Phi) is 7.74. The maximum atomic E-state index is 11.8. The van der Waals surface area contributed by atoms with Gasteiger partial charge in [0.05, 0.1) is 12.8 Å². The Morgan fingerprint density at radius 2 is 1.21 bits per heavy atom. The van der Waals surface area contributed by atoms with Crippen LogP contribution < -0.4 is 16.0 Å². The van der Waals surface area contributed by atoms with Gasteiger partial charge in [0.25, 0.3) is 5.91 Å². The molecule has 0 aliphatic rings. The van der Waals surface area contributed by atoms with Gasteiger partial charge in [-0.1, -0.05) is 0 Å². The molecule has 0 saturated carbocycles. The summed E-state index contributed by atoms with van der Waals surface area (Å²) in [5.41, 5.74) is -2.02. The minimum absolute atomic E-state index is 0.311. The van der Waals surface area contributed by atoms with Gasteiger partial charge in [0.2, 0.25) is 11.8 Å². The molecule has 0 radical (unpaired) electrons. The lowest BCUT2D eigenvalue weighted by Gasteiger charge is -2.25. The Morgan fingerprint density at radius 1 is 0.842 bits per heavy atom. The monoisotopic (exact) mass is 273 g/mol. The topological polar surface area (TPSA) is 108 Å². The second-order valence-corrected chi connectivity index (χ2v) is 4.15. The van der Waals surface area contributed by atoms with Crippen molar-refractivity contribution in [2.45, 2.75) is 39.2 Å². The van der Waals surface area contributed by atoms with E-state index in [2.05, 4.69) is 16.0 Å². The molecule has 0 aromatic rings. The smallest absolute Gasteiger partial charge is 0.253 e. The van der Waals surface area contributed by atoms with Crippen LogP contribution in [0.4, 0.5) is 0 Å². The number of carbonyl (C=O) groups excluding carboxylic acids is 3. The molecule has 0 fully saturated rings. The predicted molar refractivity (Wildman–Crippen MR) is 70.2 cm³/mol. The van der Waals surface area contributed by atoms with Gasteiger partial charge in [-0.25, -0.2) is 0 Å². The molecule has 0 rings (SSSR count). The summed E-state index contributed by atoms with van der Waals surface area (Å²) in [5, 5.41) is 17.7. The first-order valence-corrected chi connectivity index (χ1v) is 6.43. The fourth-order valence-corrected chi connectivity index (χ4v) is 1.60. The average molecular weight is 273 g/mol. The van der Waals surface area contributed by atoms with E-state index in [9.17, 15) is 19.5 Å². The highest BCUT2D eigenvalue weighted by molar-refractivity contribution is 5.95. The molecule has 0 aliphatic heterocycles. The summed E-state index contributed by atoms with van der Waals surface area (Å²) in [7, 11) is 0. The van der Waals surface area contributed by atoms with E-state index < -0.39 is 36.2 Å². The molecule has 0 unspecified atom stereocenters. The van der Waals surface area contributed by atoms with Crippen molar-refractivity contribution < 1.29 is 19.5 Å². The summed E-state index contributed by atoms with van der Waals surface area (Å²) in [6.07, 6.45) is -0.881. The van der Waals surface area contributed by atoms with Crippen LogP contribution in [0.25, 0.3) is 0 Å². The average Bonchev–Trinajstić information content (AvgIpc) is 2.29. The molecule has 0 aliphatic carbocycles. The van der Waals surface area contributed by atoms with E-state index in [4.69, 9.17) is 0 Å².